The molecule has 8 heteroatoms. The Morgan fingerprint density at radius 2 is 2.08 bits per heavy atom. The number of hydrogen-bond donors (Lipinski definition) is 2. The molecule has 0 unspecified atom stereocenters. The first kappa shape index (κ1) is 19.1. The molecule has 0 saturated carbocycles. The van der Waals surface area contributed by atoms with Crippen molar-refractivity contribution in [3.05, 3.63) is 22.4 Å². The number of nitrogens with one attached hydrogen (secondary N) is 2. The Morgan fingerprint density at radius 3 is 2.67 bits per heavy atom. The van der Waals surface area contributed by atoms with Crippen molar-refractivity contribution in [3.8, 4) is 0 Å². The van der Waals surface area contributed by atoms with Crippen molar-refractivity contribution in [2.45, 2.75) is 32.0 Å². The predicted octanol–water partition coefficient (Wildman–Crippen LogP) is 3.08. The normalized spacial score (nSPS) is 17.9. The zero-order chi connectivity index (χ0) is 17.4. The van der Waals surface area contributed by atoms with E-state index in [1.165, 1.54) is 4.88 Å². The van der Waals surface area contributed by atoms with Crippen molar-refractivity contribution in [3.63, 3.8) is 0 Å². The molecule has 1 aliphatic rings. The molecule has 1 saturated heterocycles. The molecule has 0 amide bonds. The standard InChI is InChI=1S/C16H25F3N4S/c1-20-15(21-7-6-16(17,18)19)22-11-13-4-8-23(9-5-13)12-14-3-2-10-24-14/h2-3,10,13H,4-9,11-12H2,1H3,(H2,20,21,22). The summed E-state index contributed by atoms with van der Waals surface area (Å²) >= 11 is 1.79. The third kappa shape index (κ3) is 7.09. The minimum Gasteiger partial charge on any atom is -0.356 e. The van der Waals surface area contributed by atoms with E-state index in [9.17, 15) is 13.2 Å². The maximum Gasteiger partial charge on any atom is 0.390 e. The van der Waals surface area contributed by atoms with Crippen molar-refractivity contribution in [1.82, 2.24) is 15.5 Å². The van der Waals surface area contributed by atoms with E-state index in [1.54, 1.807) is 18.4 Å². The monoisotopic (exact) mass is 362 g/mol. The van der Waals surface area contributed by atoms with Crippen LogP contribution in [0.4, 0.5) is 13.2 Å². The highest BCUT2D eigenvalue weighted by Gasteiger charge is 2.26. The van der Waals surface area contributed by atoms with Crippen LogP contribution in [0, 0.1) is 5.92 Å². The summed E-state index contributed by atoms with van der Waals surface area (Å²) in [7, 11) is 1.58. The van der Waals surface area contributed by atoms with E-state index in [0.29, 0.717) is 11.9 Å². The van der Waals surface area contributed by atoms with E-state index in [0.717, 1.165) is 39.0 Å². The van der Waals surface area contributed by atoms with Crippen LogP contribution >= 0.6 is 11.3 Å². The Labute approximate surface area is 145 Å². The van der Waals surface area contributed by atoms with Crippen LogP contribution in [0.25, 0.3) is 0 Å². The maximum absolute atomic E-state index is 12.2. The van der Waals surface area contributed by atoms with Crippen LogP contribution in [0.3, 0.4) is 0 Å². The number of guanidine groups is 1. The van der Waals surface area contributed by atoms with Crippen LogP contribution in [-0.2, 0) is 6.54 Å². The quantitative estimate of drug-likeness (QED) is 0.603. The topological polar surface area (TPSA) is 39.7 Å². The molecule has 1 fully saturated rings. The summed E-state index contributed by atoms with van der Waals surface area (Å²) in [4.78, 5) is 7.82. The van der Waals surface area contributed by atoms with Crippen LogP contribution in [-0.4, -0.2) is 50.3 Å². The lowest BCUT2D eigenvalue weighted by Gasteiger charge is -2.32. The largest absolute Gasteiger partial charge is 0.390 e. The second kappa shape index (κ2) is 9.27. The molecule has 2 N–H and O–H groups in total. The van der Waals surface area contributed by atoms with Gasteiger partial charge in [-0.25, -0.2) is 0 Å². The zero-order valence-corrected chi connectivity index (χ0v) is 14.7. The third-order valence-corrected chi connectivity index (χ3v) is 5.01. The average Bonchev–Trinajstić information content (AvgIpc) is 3.04. The summed E-state index contributed by atoms with van der Waals surface area (Å²) in [5.74, 6) is 0.978. The average molecular weight is 362 g/mol. The first-order chi connectivity index (χ1) is 11.5. The van der Waals surface area contributed by atoms with Gasteiger partial charge in [0.05, 0.1) is 6.42 Å². The molecule has 0 aliphatic carbocycles. The number of halogens is 3. The van der Waals surface area contributed by atoms with Gasteiger partial charge < -0.3 is 10.6 Å². The van der Waals surface area contributed by atoms with Crippen molar-refractivity contribution in [2.24, 2.45) is 10.9 Å². The van der Waals surface area contributed by atoms with Gasteiger partial charge in [0.25, 0.3) is 0 Å². The zero-order valence-electron chi connectivity index (χ0n) is 13.9. The van der Waals surface area contributed by atoms with E-state index in [2.05, 4.69) is 38.0 Å². The van der Waals surface area contributed by atoms with Gasteiger partial charge in [-0.1, -0.05) is 6.07 Å². The fraction of sp³-hybridized carbons (Fsp3) is 0.688. The summed E-state index contributed by atoms with van der Waals surface area (Å²) in [5, 5.41) is 7.96. The Kier molecular flexibility index (Phi) is 7.36. The fourth-order valence-electron chi connectivity index (χ4n) is 2.76. The smallest absolute Gasteiger partial charge is 0.356 e. The molecular formula is C16H25F3N4S. The highest BCUT2D eigenvalue weighted by Crippen LogP contribution is 2.20. The summed E-state index contributed by atoms with van der Waals surface area (Å²) in [5.41, 5.74) is 0. The van der Waals surface area contributed by atoms with Gasteiger partial charge in [-0.2, -0.15) is 13.2 Å². The molecule has 2 rings (SSSR count). The van der Waals surface area contributed by atoms with Crippen molar-refractivity contribution in [2.75, 3.05) is 33.2 Å². The number of nitrogens with zero attached hydrogens (tertiary/aromatic N) is 2. The highest BCUT2D eigenvalue weighted by atomic mass is 32.1. The van der Waals surface area contributed by atoms with Gasteiger partial charge in [0.2, 0.25) is 0 Å². The molecule has 0 atom stereocenters. The number of piperidine rings is 1. The Bertz CT molecular complexity index is 494. The lowest BCUT2D eigenvalue weighted by atomic mass is 9.97. The molecule has 2 heterocycles. The SMILES string of the molecule is CN=C(NCCC(F)(F)F)NCC1CCN(Cc2cccs2)CC1. The number of rotatable bonds is 6. The van der Waals surface area contributed by atoms with Crippen molar-refractivity contribution < 1.29 is 13.2 Å². The molecule has 24 heavy (non-hydrogen) atoms. The molecular weight excluding hydrogens is 337 g/mol. The van der Waals surface area contributed by atoms with Gasteiger partial charge in [0.1, 0.15) is 0 Å². The molecule has 1 aliphatic heterocycles. The molecule has 0 aromatic carbocycles. The van der Waals surface area contributed by atoms with Crippen LogP contribution in [0.1, 0.15) is 24.1 Å². The lowest BCUT2D eigenvalue weighted by molar-refractivity contribution is -0.132. The summed E-state index contributed by atoms with van der Waals surface area (Å²) in [6.07, 6.45) is -2.80. The summed E-state index contributed by atoms with van der Waals surface area (Å²) in [6, 6.07) is 4.24. The second-order valence-electron chi connectivity index (χ2n) is 6.04. The number of aliphatic imine (C=N–C) groups is 1. The van der Waals surface area contributed by atoms with Gasteiger partial charge in [0.15, 0.2) is 5.96 Å². The van der Waals surface area contributed by atoms with Crippen LogP contribution in [0.2, 0.25) is 0 Å². The molecule has 1 aromatic heterocycles. The van der Waals surface area contributed by atoms with E-state index < -0.39 is 12.6 Å². The predicted molar refractivity (Wildman–Crippen MR) is 92.4 cm³/mol. The van der Waals surface area contributed by atoms with Crippen LogP contribution in [0.5, 0.6) is 0 Å². The minimum atomic E-state index is -4.14. The molecule has 1 aromatic rings. The lowest BCUT2D eigenvalue weighted by Crippen LogP contribution is -2.43. The van der Waals surface area contributed by atoms with Gasteiger partial charge >= 0.3 is 6.18 Å². The Hall–Kier alpha value is -1.28. The van der Waals surface area contributed by atoms with Crippen LogP contribution in [0.15, 0.2) is 22.5 Å². The van der Waals surface area contributed by atoms with E-state index in [-0.39, 0.29) is 6.54 Å². The Balaban J connectivity index is 1.62. The summed E-state index contributed by atoms with van der Waals surface area (Å²) in [6.45, 7) is 3.73. The van der Waals surface area contributed by atoms with Gasteiger partial charge in [-0.3, -0.25) is 9.89 Å². The van der Waals surface area contributed by atoms with Gasteiger partial charge in [-0.05, 0) is 43.3 Å². The molecule has 0 spiro atoms. The molecule has 136 valence electrons. The van der Waals surface area contributed by atoms with Crippen molar-refractivity contribution >= 4 is 17.3 Å². The third-order valence-electron chi connectivity index (χ3n) is 4.15. The number of thiophene rings is 1. The first-order valence-corrected chi connectivity index (χ1v) is 9.10. The number of hydrogen-bond acceptors (Lipinski definition) is 3. The van der Waals surface area contributed by atoms with Crippen LogP contribution < -0.4 is 10.6 Å². The number of likely N-dealkylation sites (tertiary alicyclic amines) is 1. The Morgan fingerprint density at radius 1 is 1.33 bits per heavy atom. The molecule has 0 radical (unpaired) electrons. The first-order valence-electron chi connectivity index (χ1n) is 8.22. The maximum atomic E-state index is 12.2. The second-order valence-corrected chi connectivity index (χ2v) is 7.08. The van der Waals surface area contributed by atoms with Crippen molar-refractivity contribution in [1.29, 1.82) is 0 Å². The van der Waals surface area contributed by atoms with E-state index in [4.69, 9.17) is 0 Å². The molecule has 4 nitrogen and oxygen atoms in total. The van der Waals surface area contributed by atoms with E-state index in [1.807, 2.05) is 0 Å². The summed E-state index contributed by atoms with van der Waals surface area (Å²) < 4.78 is 36.5. The van der Waals surface area contributed by atoms with Gasteiger partial charge in [0, 0.05) is 31.6 Å². The number of alkyl halides is 3. The van der Waals surface area contributed by atoms with Gasteiger partial charge in [-0.15, -0.1) is 11.3 Å². The molecule has 0 bridgehead atoms. The minimum absolute atomic E-state index is 0.150. The highest BCUT2D eigenvalue weighted by molar-refractivity contribution is 7.09. The van der Waals surface area contributed by atoms with E-state index >= 15 is 0 Å². The fourth-order valence-corrected chi connectivity index (χ4v) is 3.50.